The number of benzene rings is 1. The molecule has 0 saturated carbocycles. The van der Waals surface area contributed by atoms with Crippen molar-refractivity contribution < 1.29 is 19.1 Å². The second-order valence-electron chi connectivity index (χ2n) is 3.05. The molecule has 0 aromatic heterocycles. The first kappa shape index (κ1) is 11.9. The van der Waals surface area contributed by atoms with Gasteiger partial charge in [-0.25, -0.2) is 9.18 Å². The van der Waals surface area contributed by atoms with Crippen molar-refractivity contribution in [2.24, 2.45) is 0 Å². The Balaban J connectivity index is 2.78. The zero-order valence-electron chi connectivity index (χ0n) is 8.55. The van der Waals surface area contributed by atoms with Gasteiger partial charge in [0.25, 0.3) is 5.91 Å². The summed E-state index contributed by atoms with van der Waals surface area (Å²) in [5.74, 6) is -2.08. The molecule has 1 aromatic rings. The molecule has 0 bridgehead atoms. The fourth-order valence-corrected chi connectivity index (χ4v) is 1.05. The van der Waals surface area contributed by atoms with Gasteiger partial charge in [0.15, 0.2) is 0 Å². The van der Waals surface area contributed by atoms with Gasteiger partial charge >= 0.3 is 5.97 Å². The van der Waals surface area contributed by atoms with Crippen molar-refractivity contribution in [1.29, 1.82) is 0 Å². The molecule has 16 heavy (non-hydrogen) atoms. The number of amides is 1. The van der Waals surface area contributed by atoms with Crippen molar-refractivity contribution in [3.05, 3.63) is 42.2 Å². The third-order valence-electron chi connectivity index (χ3n) is 1.91. The van der Waals surface area contributed by atoms with E-state index in [-0.39, 0.29) is 0 Å². The van der Waals surface area contributed by atoms with E-state index in [2.05, 4.69) is 0 Å². The van der Waals surface area contributed by atoms with Crippen LogP contribution in [0.15, 0.2) is 36.4 Å². The third-order valence-corrected chi connectivity index (χ3v) is 1.91. The van der Waals surface area contributed by atoms with Crippen LogP contribution >= 0.6 is 0 Å². The molecule has 5 heteroatoms. The number of halogens is 1. The van der Waals surface area contributed by atoms with Gasteiger partial charge in [-0.05, 0) is 24.3 Å². The second-order valence-corrected chi connectivity index (χ2v) is 3.05. The molecule has 0 fully saturated rings. The van der Waals surface area contributed by atoms with E-state index in [9.17, 15) is 14.0 Å². The van der Waals surface area contributed by atoms with Crippen LogP contribution in [0, 0.1) is 5.82 Å². The molecule has 84 valence electrons. The lowest BCUT2D eigenvalue weighted by molar-refractivity contribution is -0.131. The minimum absolute atomic E-state index is 0.398. The molecular weight excluding hydrogens is 213 g/mol. The van der Waals surface area contributed by atoms with Crippen molar-refractivity contribution in [3.8, 4) is 0 Å². The van der Waals surface area contributed by atoms with Crippen LogP contribution in [0.1, 0.15) is 0 Å². The molecule has 0 saturated heterocycles. The first-order chi connectivity index (χ1) is 7.50. The smallest absolute Gasteiger partial charge is 0.328 e. The number of anilines is 1. The summed E-state index contributed by atoms with van der Waals surface area (Å²) >= 11 is 0. The van der Waals surface area contributed by atoms with Gasteiger partial charge in [0.2, 0.25) is 0 Å². The number of rotatable bonds is 3. The van der Waals surface area contributed by atoms with Crippen LogP contribution in [-0.4, -0.2) is 24.0 Å². The van der Waals surface area contributed by atoms with E-state index in [1.54, 1.807) is 0 Å². The number of carboxylic acid groups (broad SMARTS) is 1. The number of hydrogen-bond donors (Lipinski definition) is 1. The van der Waals surface area contributed by atoms with Crippen LogP contribution in [0.4, 0.5) is 10.1 Å². The Bertz CT molecular complexity index is 425. The normalized spacial score (nSPS) is 10.4. The Labute approximate surface area is 91.6 Å². The van der Waals surface area contributed by atoms with Crippen LogP contribution in [0.5, 0.6) is 0 Å². The molecular formula is C11H10FNO3. The minimum Gasteiger partial charge on any atom is -0.478 e. The molecule has 0 aliphatic rings. The standard InChI is InChI=1S/C11H10FNO3/c1-13(10(14)6-7-11(15)16)9-4-2-8(12)3-5-9/h2-7H,1H3,(H,15,16). The Morgan fingerprint density at radius 3 is 2.31 bits per heavy atom. The molecule has 0 aliphatic carbocycles. The Morgan fingerprint density at radius 1 is 1.25 bits per heavy atom. The zero-order chi connectivity index (χ0) is 12.1. The summed E-state index contributed by atoms with van der Waals surface area (Å²) in [6, 6.07) is 5.31. The average Bonchev–Trinajstić information content (AvgIpc) is 2.26. The first-order valence-corrected chi connectivity index (χ1v) is 4.45. The predicted octanol–water partition coefficient (Wildman–Crippen LogP) is 1.43. The molecule has 1 amide bonds. The highest BCUT2D eigenvalue weighted by Gasteiger charge is 2.07. The van der Waals surface area contributed by atoms with Crippen molar-refractivity contribution in [2.75, 3.05) is 11.9 Å². The Kier molecular flexibility index (Phi) is 3.77. The van der Waals surface area contributed by atoms with E-state index in [0.29, 0.717) is 5.69 Å². The maximum atomic E-state index is 12.6. The second kappa shape index (κ2) is 5.06. The number of nitrogens with zero attached hydrogens (tertiary/aromatic N) is 1. The molecule has 0 radical (unpaired) electrons. The van der Waals surface area contributed by atoms with Crippen molar-refractivity contribution >= 4 is 17.6 Å². The van der Waals surface area contributed by atoms with Gasteiger partial charge in [0.05, 0.1) is 0 Å². The largest absolute Gasteiger partial charge is 0.478 e. The van der Waals surface area contributed by atoms with Crippen LogP contribution in [0.3, 0.4) is 0 Å². The summed E-state index contributed by atoms with van der Waals surface area (Å²) in [5, 5.41) is 8.34. The molecule has 1 N–H and O–H groups in total. The van der Waals surface area contributed by atoms with Gasteiger partial charge in [-0.2, -0.15) is 0 Å². The molecule has 1 aromatic carbocycles. The number of aliphatic carboxylic acids is 1. The molecule has 0 spiro atoms. The molecule has 0 atom stereocenters. The van der Waals surface area contributed by atoms with E-state index in [1.165, 1.54) is 36.2 Å². The topological polar surface area (TPSA) is 57.6 Å². The summed E-state index contributed by atoms with van der Waals surface area (Å²) in [6.07, 6.45) is 1.69. The van der Waals surface area contributed by atoms with Crippen LogP contribution < -0.4 is 4.90 Å². The van der Waals surface area contributed by atoms with Crippen molar-refractivity contribution in [1.82, 2.24) is 0 Å². The summed E-state index contributed by atoms with van der Waals surface area (Å²) in [7, 11) is 1.47. The Morgan fingerprint density at radius 2 is 1.81 bits per heavy atom. The van der Waals surface area contributed by atoms with E-state index in [1.807, 2.05) is 0 Å². The molecule has 1 rings (SSSR count). The van der Waals surface area contributed by atoms with Crippen LogP contribution in [0.25, 0.3) is 0 Å². The monoisotopic (exact) mass is 223 g/mol. The number of likely N-dealkylation sites (N-methyl/N-ethyl adjacent to an activating group) is 1. The fourth-order valence-electron chi connectivity index (χ4n) is 1.05. The highest BCUT2D eigenvalue weighted by atomic mass is 19.1. The van der Waals surface area contributed by atoms with Gasteiger partial charge < -0.3 is 10.0 Å². The van der Waals surface area contributed by atoms with E-state index in [4.69, 9.17) is 5.11 Å². The van der Waals surface area contributed by atoms with Crippen LogP contribution in [0.2, 0.25) is 0 Å². The van der Waals surface area contributed by atoms with Gasteiger partial charge in [-0.1, -0.05) is 0 Å². The van der Waals surface area contributed by atoms with E-state index >= 15 is 0 Å². The number of hydrogen-bond acceptors (Lipinski definition) is 2. The summed E-state index contributed by atoms with van der Waals surface area (Å²) in [4.78, 5) is 22.8. The van der Waals surface area contributed by atoms with Gasteiger partial charge in [-0.15, -0.1) is 0 Å². The first-order valence-electron chi connectivity index (χ1n) is 4.45. The summed E-state index contributed by atoms with van der Waals surface area (Å²) in [6.45, 7) is 0. The SMILES string of the molecule is CN(C(=O)C=CC(=O)O)c1ccc(F)cc1. The van der Waals surface area contributed by atoms with Gasteiger partial charge in [0.1, 0.15) is 5.82 Å². The van der Waals surface area contributed by atoms with Crippen molar-refractivity contribution in [3.63, 3.8) is 0 Å². The summed E-state index contributed by atoms with van der Waals surface area (Å²) < 4.78 is 12.6. The van der Waals surface area contributed by atoms with E-state index in [0.717, 1.165) is 12.2 Å². The molecule has 0 unspecified atom stereocenters. The molecule has 4 nitrogen and oxygen atoms in total. The minimum atomic E-state index is -1.19. The third kappa shape index (κ3) is 3.20. The van der Waals surface area contributed by atoms with Crippen molar-refractivity contribution in [2.45, 2.75) is 0 Å². The fraction of sp³-hybridized carbons (Fsp3) is 0.0909. The highest BCUT2D eigenvalue weighted by molar-refractivity contribution is 6.03. The number of carbonyl (C=O) groups is 2. The lowest BCUT2D eigenvalue weighted by Gasteiger charge is -2.14. The predicted molar refractivity (Wildman–Crippen MR) is 56.6 cm³/mol. The van der Waals surface area contributed by atoms with Gasteiger partial charge in [-0.3, -0.25) is 4.79 Å². The lowest BCUT2D eigenvalue weighted by atomic mass is 10.3. The average molecular weight is 223 g/mol. The molecule has 0 aliphatic heterocycles. The van der Waals surface area contributed by atoms with Crippen LogP contribution in [-0.2, 0) is 9.59 Å². The van der Waals surface area contributed by atoms with Gasteiger partial charge in [0, 0.05) is 24.9 Å². The maximum absolute atomic E-state index is 12.6. The quantitative estimate of drug-likeness (QED) is 0.788. The number of carboxylic acids is 1. The number of carbonyl (C=O) groups excluding carboxylic acids is 1. The lowest BCUT2D eigenvalue weighted by Crippen LogP contribution is -2.24. The Hall–Kier alpha value is -2.17. The maximum Gasteiger partial charge on any atom is 0.328 e. The zero-order valence-corrected chi connectivity index (χ0v) is 8.55. The summed E-state index contributed by atoms with van der Waals surface area (Å²) in [5.41, 5.74) is 0.487. The van der Waals surface area contributed by atoms with E-state index < -0.39 is 17.7 Å². The molecule has 0 heterocycles. The highest BCUT2D eigenvalue weighted by Crippen LogP contribution is 2.13.